The quantitative estimate of drug-likeness (QED) is 0.641. The van der Waals surface area contributed by atoms with E-state index in [-0.39, 0.29) is 11.3 Å². The zero-order chi connectivity index (χ0) is 14.9. The lowest BCUT2D eigenvalue weighted by Gasteiger charge is -2.27. The molecule has 1 fully saturated rings. The standard InChI is InChI=1S/C15H24N4O/c1-10-7-11(8-13(17-10)18-16)14(20)19-6-5-12(9-19)15(2,3)4/h7-8,12H,5-6,9,16H2,1-4H3,(H,17,18). The molecular weight excluding hydrogens is 252 g/mol. The van der Waals surface area contributed by atoms with Crippen LogP contribution in [0.2, 0.25) is 0 Å². The van der Waals surface area contributed by atoms with Crippen LogP contribution in [-0.4, -0.2) is 28.9 Å². The average molecular weight is 276 g/mol. The lowest BCUT2D eigenvalue weighted by atomic mass is 9.80. The maximum absolute atomic E-state index is 12.6. The summed E-state index contributed by atoms with van der Waals surface area (Å²) in [5.74, 6) is 6.54. The number of nitrogens with two attached hydrogens (primary N) is 1. The first-order valence-electron chi connectivity index (χ1n) is 7.06. The van der Waals surface area contributed by atoms with E-state index in [2.05, 4.69) is 31.2 Å². The average Bonchev–Trinajstić information content (AvgIpc) is 2.86. The van der Waals surface area contributed by atoms with E-state index >= 15 is 0 Å². The molecule has 110 valence electrons. The summed E-state index contributed by atoms with van der Waals surface area (Å²) in [7, 11) is 0. The second kappa shape index (κ2) is 5.40. The second-order valence-electron chi connectivity index (χ2n) is 6.63. The van der Waals surface area contributed by atoms with Crippen molar-refractivity contribution in [3.63, 3.8) is 0 Å². The van der Waals surface area contributed by atoms with Crippen molar-refractivity contribution in [2.24, 2.45) is 17.2 Å². The van der Waals surface area contributed by atoms with Crippen LogP contribution < -0.4 is 11.3 Å². The number of aryl methyl sites for hydroxylation is 1. The minimum Gasteiger partial charge on any atom is -0.338 e. The Hall–Kier alpha value is -1.62. The van der Waals surface area contributed by atoms with E-state index < -0.39 is 0 Å². The van der Waals surface area contributed by atoms with Crippen LogP contribution in [0, 0.1) is 18.3 Å². The summed E-state index contributed by atoms with van der Waals surface area (Å²) in [4.78, 5) is 18.7. The van der Waals surface area contributed by atoms with Crippen LogP contribution in [0.3, 0.4) is 0 Å². The van der Waals surface area contributed by atoms with Crippen LogP contribution in [0.25, 0.3) is 0 Å². The number of hydrogen-bond acceptors (Lipinski definition) is 4. The molecule has 2 heterocycles. The smallest absolute Gasteiger partial charge is 0.254 e. The largest absolute Gasteiger partial charge is 0.338 e. The molecule has 0 spiro atoms. The van der Waals surface area contributed by atoms with Gasteiger partial charge in [-0.3, -0.25) is 4.79 Å². The number of hydrazine groups is 1. The molecule has 1 aromatic heterocycles. The molecule has 5 heteroatoms. The SMILES string of the molecule is Cc1cc(C(=O)N2CCC(C(C)(C)C)C2)cc(NN)n1. The minimum absolute atomic E-state index is 0.0683. The topological polar surface area (TPSA) is 71.2 Å². The Kier molecular flexibility index (Phi) is 3.99. The number of hydrogen-bond donors (Lipinski definition) is 2. The van der Waals surface area contributed by atoms with E-state index in [0.29, 0.717) is 17.3 Å². The molecule has 1 aliphatic heterocycles. The number of nitrogens with one attached hydrogen (secondary N) is 1. The van der Waals surface area contributed by atoms with Crippen LogP contribution in [0.4, 0.5) is 5.82 Å². The van der Waals surface area contributed by atoms with Gasteiger partial charge >= 0.3 is 0 Å². The molecule has 0 radical (unpaired) electrons. The summed E-state index contributed by atoms with van der Waals surface area (Å²) in [6.07, 6.45) is 1.07. The molecule has 0 aromatic carbocycles. The number of pyridine rings is 1. The van der Waals surface area contributed by atoms with E-state index in [1.807, 2.05) is 17.9 Å². The van der Waals surface area contributed by atoms with Gasteiger partial charge in [0.15, 0.2) is 0 Å². The number of amides is 1. The Morgan fingerprint density at radius 2 is 2.15 bits per heavy atom. The molecule has 1 aromatic rings. The number of nitrogen functional groups attached to an aromatic ring is 1. The molecule has 2 rings (SSSR count). The van der Waals surface area contributed by atoms with Crippen molar-refractivity contribution >= 4 is 11.7 Å². The summed E-state index contributed by atoms with van der Waals surface area (Å²) in [6, 6.07) is 3.52. The summed E-state index contributed by atoms with van der Waals surface area (Å²) >= 11 is 0. The van der Waals surface area contributed by atoms with Gasteiger partial charge in [-0.1, -0.05) is 20.8 Å². The highest BCUT2D eigenvalue weighted by atomic mass is 16.2. The molecule has 0 saturated carbocycles. The fourth-order valence-corrected chi connectivity index (χ4v) is 2.70. The highest BCUT2D eigenvalue weighted by molar-refractivity contribution is 5.95. The summed E-state index contributed by atoms with van der Waals surface area (Å²) in [5, 5.41) is 0. The Morgan fingerprint density at radius 1 is 1.45 bits per heavy atom. The van der Waals surface area contributed by atoms with Crippen molar-refractivity contribution in [3.8, 4) is 0 Å². The van der Waals surface area contributed by atoms with Crippen LogP contribution in [0.5, 0.6) is 0 Å². The van der Waals surface area contributed by atoms with Gasteiger partial charge in [0.1, 0.15) is 5.82 Å². The number of rotatable bonds is 2. The van der Waals surface area contributed by atoms with Crippen molar-refractivity contribution in [1.82, 2.24) is 9.88 Å². The van der Waals surface area contributed by atoms with E-state index in [1.54, 1.807) is 6.07 Å². The highest BCUT2D eigenvalue weighted by Gasteiger charge is 2.34. The van der Waals surface area contributed by atoms with Crippen LogP contribution in [0.1, 0.15) is 43.2 Å². The van der Waals surface area contributed by atoms with E-state index in [0.717, 1.165) is 25.2 Å². The molecule has 1 amide bonds. The second-order valence-corrected chi connectivity index (χ2v) is 6.63. The van der Waals surface area contributed by atoms with E-state index in [9.17, 15) is 4.79 Å². The monoisotopic (exact) mass is 276 g/mol. The third kappa shape index (κ3) is 3.10. The molecule has 0 bridgehead atoms. The van der Waals surface area contributed by atoms with Crippen molar-refractivity contribution in [1.29, 1.82) is 0 Å². The van der Waals surface area contributed by atoms with Crippen molar-refractivity contribution in [2.45, 2.75) is 34.1 Å². The van der Waals surface area contributed by atoms with Crippen molar-refractivity contribution in [3.05, 3.63) is 23.4 Å². The maximum Gasteiger partial charge on any atom is 0.254 e. The number of carbonyl (C=O) groups excluding carboxylic acids is 1. The molecule has 1 saturated heterocycles. The fraction of sp³-hybridized carbons (Fsp3) is 0.600. The van der Waals surface area contributed by atoms with E-state index in [4.69, 9.17) is 5.84 Å². The first kappa shape index (κ1) is 14.8. The number of carbonyl (C=O) groups is 1. The maximum atomic E-state index is 12.6. The van der Waals surface area contributed by atoms with Gasteiger partial charge in [0.25, 0.3) is 5.91 Å². The van der Waals surface area contributed by atoms with Gasteiger partial charge in [0, 0.05) is 24.3 Å². The Morgan fingerprint density at radius 3 is 2.70 bits per heavy atom. The van der Waals surface area contributed by atoms with Gasteiger partial charge in [-0.25, -0.2) is 10.8 Å². The molecule has 3 N–H and O–H groups in total. The fourth-order valence-electron chi connectivity index (χ4n) is 2.70. The lowest BCUT2D eigenvalue weighted by molar-refractivity contribution is 0.0776. The molecule has 1 atom stereocenters. The third-order valence-corrected chi connectivity index (χ3v) is 4.05. The minimum atomic E-state index is 0.0683. The number of aromatic nitrogens is 1. The Balaban J connectivity index is 2.15. The Labute approximate surface area is 120 Å². The first-order chi connectivity index (χ1) is 9.31. The predicted octanol–water partition coefficient (Wildman–Crippen LogP) is 2.18. The van der Waals surface area contributed by atoms with Crippen molar-refractivity contribution < 1.29 is 4.79 Å². The summed E-state index contributed by atoms with van der Waals surface area (Å²) < 4.78 is 0. The summed E-state index contributed by atoms with van der Waals surface area (Å²) in [5.41, 5.74) is 4.19. The molecule has 0 aliphatic carbocycles. The van der Waals surface area contributed by atoms with Crippen molar-refractivity contribution in [2.75, 3.05) is 18.5 Å². The third-order valence-electron chi connectivity index (χ3n) is 4.05. The Bertz CT molecular complexity index is 507. The molecule has 5 nitrogen and oxygen atoms in total. The number of anilines is 1. The molecule has 1 aliphatic rings. The predicted molar refractivity (Wildman–Crippen MR) is 80.2 cm³/mol. The van der Waals surface area contributed by atoms with Crippen LogP contribution in [-0.2, 0) is 0 Å². The van der Waals surface area contributed by atoms with Crippen LogP contribution >= 0.6 is 0 Å². The van der Waals surface area contributed by atoms with Gasteiger partial charge in [-0.05, 0) is 36.8 Å². The number of likely N-dealkylation sites (tertiary alicyclic amines) is 1. The van der Waals surface area contributed by atoms with Gasteiger partial charge in [-0.2, -0.15) is 0 Å². The molecule has 1 unspecified atom stereocenters. The molecule has 20 heavy (non-hydrogen) atoms. The number of nitrogens with zero attached hydrogens (tertiary/aromatic N) is 2. The van der Waals surface area contributed by atoms with Gasteiger partial charge in [0.05, 0.1) is 0 Å². The zero-order valence-electron chi connectivity index (χ0n) is 12.7. The van der Waals surface area contributed by atoms with Gasteiger partial charge in [0.2, 0.25) is 0 Å². The normalized spacial score (nSPS) is 19.2. The van der Waals surface area contributed by atoms with Gasteiger partial charge < -0.3 is 10.3 Å². The zero-order valence-corrected chi connectivity index (χ0v) is 12.7. The highest BCUT2D eigenvalue weighted by Crippen LogP contribution is 2.34. The lowest BCUT2D eigenvalue weighted by Crippen LogP contribution is -2.31. The first-order valence-corrected chi connectivity index (χ1v) is 7.06. The van der Waals surface area contributed by atoms with E-state index in [1.165, 1.54) is 0 Å². The summed E-state index contributed by atoms with van der Waals surface area (Å²) in [6.45, 7) is 10.2. The van der Waals surface area contributed by atoms with Gasteiger partial charge in [-0.15, -0.1) is 0 Å². The van der Waals surface area contributed by atoms with Crippen LogP contribution in [0.15, 0.2) is 12.1 Å². The molecular formula is C15H24N4O.